The molecule has 0 aliphatic heterocycles. The van der Waals surface area contributed by atoms with Gasteiger partial charge in [-0.3, -0.25) is 10.1 Å². The van der Waals surface area contributed by atoms with E-state index in [2.05, 4.69) is 25.0 Å². The van der Waals surface area contributed by atoms with Gasteiger partial charge in [0.15, 0.2) is 5.82 Å². The molecule has 1 amide bonds. The van der Waals surface area contributed by atoms with E-state index in [4.69, 9.17) is 4.52 Å². The van der Waals surface area contributed by atoms with Crippen LogP contribution in [0.25, 0.3) is 0 Å². The molecule has 18 heavy (non-hydrogen) atoms. The van der Waals surface area contributed by atoms with E-state index < -0.39 is 0 Å². The number of hydrogen-bond acceptors (Lipinski definition) is 7. The van der Waals surface area contributed by atoms with Crippen molar-refractivity contribution in [2.24, 2.45) is 5.92 Å². The summed E-state index contributed by atoms with van der Waals surface area (Å²) in [4.78, 5) is 16.4. The molecule has 1 N–H and O–H groups in total. The fourth-order valence-corrected chi connectivity index (χ4v) is 2.11. The number of anilines is 1. The summed E-state index contributed by atoms with van der Waals surface area (Å²) in [6.07, 6.45) is 3.27. The zero-order valence-corrected chi connectivity index (χ0v) is 10.5. The maximum atomic E-state index is 11.8. The van der Waals surface area contributed by atoms with Crippen molar-refractivity contribution in [3.05, 3.63) is 16.4 Å². The third-order valence-corrected chi connectivity index (χ3v) is 3.54. The van der Waals surface area contributed by atoms with Crippen LogP contribution in [0.1, 0.15) is 34.0 Å². The molecule has 8 heteroatoms. The zero-order chi connectivity index (χ0) is 12.5. The molecular formula is C10H11N5O2S. The van der Waals surface area contributed by atoms with Crippen LogP contribution in [0.5, 0.6) is 0 Å². The molecule has 2 aromatic heterocycles. The normalized spacial score (nSPS) is 14.7. The molecule has 1 aliphatic carbocycles. The maximum Gasteiger partial charge on any atom is 0.328 e. The summed E-state index contributed by atoms with van der Waals surface area (Å²) in [5.41, 5.74) is 0.593. The van der Waals surface area contributed by atoms with Crippen molar-refractivity contribution in [3.8, 4) is 0 Å². The number of nitrogens with one attached hydrogen (secondary N) is 1. The number of hydrogen-bond donors (Lipinski definition) is 1. The third-order valence-electron chi connectivity index (χ3n) is 2.71. The third kappa shape index (κ3) is 2.37. The molecule has 2 aromatic rings. The Balaban J connectivity index is 1.66. The Morgan fingerprint density at radius 3 is 3.06 bits per heavy atom. The number of carbonyl (C=O) groups excluding carboxylic acids is 1. The minimum Gasteiger partial charge on any atom is -0.315 e. The number of nitrogens with zero attached hydrogens (tertiary/aromatic N) is 4. The molecule has 0 saturated heterocycles. The van der Waals surface area contributed by atoms with E-state index in [1.54, 1.807) is 6.92 Å². The van der Waals surface area contributed by atoms with E-state index in [-0.39, 0.29) is 11.9 Å². The Kier molecular flexibility index (Phi) is 2.78. The molecule has 7 nitrogen and oxygen atoms in total. The van der Waals surface area contributed by atoms with Crippen molar-refractivity contribution in [3.63, 3.8) is 0 Å². The van der Waals surface area contributed by atoms with Gasteiger partial charge in [0.1, 0.15) is 4.88 Å². The van der Waals surface area contributed by atoms with E-state index in [1.807, 2.05) is 0 Å². The molecule has 1 fully saturated rings. The largest absolute Gasteiger partial charge is 0.328 e. The van der Waals surface area contributed by atoms with E-state index in [9.17, 15) is 4.79 Å². The molecule has 94 valence electrons. The summed E-state index contributed by atoms with van der Waals surface area (Å²) in [6, 6.07) is 0.128. The molecular weight excluding hydrogens is 254 g/mol. The van der Waals surface area contributed by atoms with Gasteiger partial charge in [-0.1, -0.05) is 9.64 Å². The van der Waals surface area contributed by atoms with Gasteiger partial charge in [-0.2, -0.15) is 4.98 Å². The van der Waals surface area contributed by atoms with E-state index in [0.29, 0.717) is 22.3 Å². The van der Waals surface area contributed by atoms with Crippen LogP contribution in [0.4, 0.5) is 6.01 Å². The molecule has 0 radical (unpaired) electrons. The molecule has 0 spiro atoms. The van der Waals surface area contributed by atoms with Crippen LogP contribution < -0.4 is 5.32 Å². The fraction of sp³-hybridized carbons (Fsp3) is 0.500. The quantitative estimate of drug-likeness (QED) is 0.898. The van der Waals surface area contributed by atoms with Crippen LogP contribution in [0.15, 0.2) is 4.52 Å². The van der Waals surface area contributed by atoms with E-state index in [1.165, 1.54) is 12.8 Å². The first kappa shape index (κ1) is 11.3. The highest BCUT2D eigenvalue weighted by molar-refractivity contribution is 7.08. The number of carbonyl (C=O) groups is 1. The van der Waals surface area contributed by atoms with Gasteiger partial charge in [0.05, 0.1) is 5.69 Å². The first-order chi connectivity index (χ1) is 8.72. The van der Waals surface area contributed by atoms with Gasteiger partial charge < -0.3 is 4.52 Å². The van der Waals surface area contributed by atoms with Crippen molar-refractivity contribution in [1.29, 1.82) is 0 Å². The minimum absolute atomic E-state index is 0.128. The highest BCUT2D eigenvalue weighted by atomic mass is 32.1. The number of rotatable bonds is 4. The molecule has 3 rings (SSSR count). The Morgan fingerprint density at radius 1 is 1.56 bits per heavy atom. The highest BCUT2D eigenvalue weighted by Gasteiger charge is 2.24. The van der Waals surface area contributed by atoms with Gasteiger partial charge >= 0.3 is 6.01 Å². The second-order valence-electron chi connectivity index (χ2n) is 4.30. The minimum atomic E-state index is -0.316. The average molecular weight is 265 g/mol. The summed E-state index contributed by atoms with van der Waals surface area (Å²) in [7, 11) is 0. The number of aromatic nitrogens is 4. The van der Waals surface area contributed by atoms with Gasteiger partial charge in [0, 0.05) is 6.42 Å². The van der Waals surface area contributed by atoms with E-state index >= 15 is 0 Å². The van der Waals surface area contributed by atoms with Crippen molar-refractivity contribution in [1.82, 2.24) is 19.7 Å². The summed E-state index contributed by atoms with van der Waals surface area (Å²) in [5.74, 6) is 1.01. The van der Waals surface area contributed by atoms with Crippen molar-refractivity contribution in [2.45, 2.75) is 26.2 Å². The standard InChI is InChI=1S/C10H11N5O2S/c1-5-8(18-15-13-5)9(16)12-10-11-7(14-17-10)4-6-2-3-6/h6H,2-4H2,1H3,(H,11,12,14,16). The zero-order valence-electron chi connectivity index (χ0n) is 9.71. The van der Waals surface area contributed by atoms with Gasteiger partial charge in [0.25, 0.3) is 5.91 Å². The monoisotopic (exact) mass is 265 g/mol. The molecule has 1 saturated carbocycles. The van der Waals surface area contributed by atoms with Crippen LogP contribution in [0, 0.1) is 12.8 Å². The SMILES string of the molecule is Cc1nnsc1C(=O)Nc1nc(CC2CC2)no1. The Labute approximate surface area is 107 Å². The summed E-state index contributed by atoms with van der Waals surface area (Å²) < 4.78 is 8.67. The van der Waals surface area contributed by atoms with Gasteiger partial charge in [-0.25, -0.2) is 0 Å². The van der Waals surface area contributed by atoms with E-state index in [0.717, 1.165) is 18.0 Å². The number of aryl methyl sites for hydroxylation is 1. The summed E-state index contributed by atoms with van der Waals surface area (Å²) in [6.45, 7) is 1.73. The van der Waals surface area contributed by atoms with Crippen molar-refractivity contribution < 1.29 is 9.32 Å². The van der Waals surface area contributed by atoms with Crippen LogP contribution >= 0.6 is 11.5 Å². The topological polar surface area (TPSA) is 93.8 Å². The Morgan fingerprint density at radius 2 is 2.39 bits per heavy atom. The lowest BCUT2D eigenvalue weighted by Crippen LogP contribution is -2.11. The van der Waals surface area contributed by atoms with Crippen molar-refractivity contribution >= 4 is 23.5 Å². The predicted octanol–water partition coefficient (Wildman–Crippen LogP) is 1.43. The molecule has 0 atom stereocenters. The maximum absolute atomic E-state index is 11.8. The van der Waals surface area contributed by atoms with Crippen LogP contribution in [0.3, 0.4) is 0 Å². The molecule has 0 aromatic carbocycles. The fourth-order valence-electron chi connectivity index (χ4n) is 1.56. The van der Waals surface area contributed by atoms with Gasteiger partial charge in [0.2, 0.25) is 0 Å². The molecule has 1 aliphatic rings. The van der Waals surface area contributed by atoms with Crippen LogP contribution in [-0.2, 0) is 6.42 Å². The van der Waals surface area contributed by atoms with Gasteiger partial charge in [-0.15, -0.1) is 5.10 Å². The van der Waals surface area contributed by atoms with Crippen LogP contribution in [-0.4, -0.2) is 25.6 Å². The van der Waals surface area contributed by atoms with Crippen molar-refractivity contribution in [2.75, 3.05) is 5.32 Å². The Hall–Kier alpha value is -1.83. The highest BCUT2D eigenvalue weighted by Crippen LogP contribution is 2.31. The lowest BCUT2D eigenvalue weighted by atomic mass is 10.3. The Bertz CT molecular complexity index is 574. The second-order valence-corrected chi connectivity index (χ2v) is 5.06. The second kappa shape index (κ2) is 4.45. The summed E-state index contributed by atoms with van der Waals surface area (Å²) >= 11 is 1.04. The lowest BCUT2D eigenvalue weighted by molar-refractivity contribution is 0.102. The number of amides is 1. The summed E-state index contributed by atoms with van der Waals surface area (Å²) in [5, 5.41) is 10.1. The van der Waals surface area contributed by atoms with Gasteiger partial charge in [-0.05, 0) is 37.2 Å². The molecule has 0 unspecified atom stereocenters. The predicted molar refractivity (Wildman–Crippen MR) is 63.3 cm³/mol. The smallest absolute Gasteiger partial charge is 0.315 e. The van der Waals surface area contributed by atoms with Crippen LogP contribution in [0.2, 0.25) is 0 Å². The lowest BCUT2D eigenvalue weighted by Gasteiger charge is -1.95. The molecule has 2 heterocycles. The molecule has 0 bridgehead atoms. The first-order valence-corrected chi connectivity index (χ1v) is 6.42. The first-order valence-electron chi connectivity index (χ1n) is 5.65. The average Bonchev–Trinajstić information content (AvgIpc) is 2.85.